The summed E-state index contributed by atoms with van der Waals surface area (Å²) >= 11 is 0. The van der Waals surface area contributed by atoms with Gasteiger partial charge in [0.05, 0.1) is 0 Å². The van der Waals surface area contributed by atoms with Crippen LogP contribution in [0.25, 0.3) is 0 Å². The van der Waals surface area contributed by atoms with E-state index in [9.17, 15) is 14.4 Å². The van der Waals surface area contributed by atoms with Crippen LogP contribution < -0.4 is 0 Å². The summed E-state index contributed by atoms with van der Waals surface area (Å²) in [6.45, 7) is 13.7. The lowest BCUT2D eigenvalue weighted by atomic mass is 10.00. The van der Waals surface area contributed by atoms with E-state index < -0.39 is 6.10 Å². The predicted octanol–water partition coefficient (Wildman–Crippen LogP) is 17.9. The lowest BCUT2D eigenvalue weighted by Crippen LogP contribution is -2.30. The summed E-state index contributed by atoms with van der Waals surface area (Å²) < 4.78 is 16.8. The highest BCUT2D eigenvalue weighted by molar-refractivity contribution is 5.71. The molecule has 0 amide bonds. The van der Waals surface area contributed by atoms with Crippen LogP contribution in [0.1, 0.15) is 305 Å². The van der Waals surface area contributed by atoms with Gasteiger partial charge in [0.2, 0.25) is 0 Å². The van der Waals surface area contributed by atoms with E-state index in [-0.39, 0.29) is 31.1 Å². The number of carbonyl (C=O) groups excluding carboxylic acids is 3. The van der Waals surface area contributed by atoms with Gasteiger partial charge in [0, 0.05) is 19.3 Å². The zero-order chi connectivity index (χ0) is 45.6. The van der Waals surface area contributed by atoms with Gasteiger partial charge in [0.15, 0.2) is 6.10 Å². The van der Waals surface area contributed by atoms with E-state index in [0.29, 0.717) is 19.3 Å². The highest BCUT2D eigenvalue weighted by Gasteiger charge is 2.19. The van der Waals surface area contributed by atoms with Crippen molar-refractivity contribution in [1.82, 2.24) is 0 Å². The maximum Gasteiger partial charge on any atom is 0.306 e. The minimum Gasteiger partial charge on any atom is -0.462 e. The molecule has 0 saturated heterocycles. The fraction of sp³-hybridized carbons (Fsp3) is 0.946. The molecule has 0 fully saturated rings. The number of esters is 3. The Labute approximate surface area is 387 Å². The topological polar surface area (TPSA) is 78.9 Å². The molecule has 0 N–H and O–H groups in total. The second-order valence-corrected chi connectivity index (χ2v) is 20.4. The van der Waals surface area contributed by atoms with Crippen LogP contribution in [0.4, 0.5) is 0 Å². The summed E-state index contributed by atoms with van der Waals surface area (Å²) in [6, 6.07) is 0. The summed E-state index contributed by atoms with van der Waals surface area (Å²) in [5, 5.41) is 0. The zero-order valence-corrected chi connectivity index (χ0v) is 42.7. The average molecular weight is 877 g/mol. The summed E-state index contributed by atoms with van der Waals surface area (Å²) in [4.78, 5) is 38.0. The molecule has 0 radical (unpaired) electrons. The first kappa shape index (κ1) is 60.4. The fourth-order valence-electron chi connectivity index (χ4n) is 8.44. The van der Waals surface area contributed by atoms with E-state index in [1.807, 2.05) is 0 Å². The molecule has 368 valence electrons. The molecule has 0 aromatic heterocycles. The highest BCUT2D eigenvalue weighted by Crippen LogP contribution is 2.18. The highest BCUT2D eigenvalue weighted by atomic mass is 16.6. The fourth-order valence-corrected chi connectivity index (χ4v) is 8.44. The van der Waals surface area contributed by atoms with Gasteiger partial charge < -0.3 is 14.2 Å². The largest absolute Gasteiger partial charge is 0.462 e. The van der Waals surface area contributed by atoms with E-state index in [0.717, 1.165) is 75.5 Å². The first-order valence-electron chi connectivity index (χ1n) is 27.6. The van der Waals surface area contributed by atoms with Crippen molar-refractivity contribution in [1.29, 1.82) is 0 Å². The Bertz CT molecular complexity index is 962. The van der Waals surface area contributed by atoms with Crippen molar-refractivity contribution in [2.24, 2.45) is 17.8 Å². The predicted molar refractivity (Wildman–Crippen MR) is 266 cm³/mol. The van der Waals surface area contributed by atoms with Gasteiger partial charge >= 0.3 is 17.9 Å². The Kier molecular flexibility index (Phi) is 46.2. The molecule has 62 heavy (non-hydrogen) atoms. The molecule has 0 saturated carbocycles. The van der Waals surface area contributed by atoms with E-state index >= 15 is 0 Å². The van der Waals surface area contributed by atoms with Crippen molar-refractivity contribution < 1.29 is 28.6 Å². The molecular formula is C56H108O6. The third-order valence-electron chi connectivity index (χ3n) is 13.0. The molecule has 0 aliphatic rings. The van der Waals surface area contributed by atoms with Crippen molar-refractivity contribution in [2.75, 3.05) is 13.2 Å². The monoisotopic (exact) mass is 877 g/mol. The Morgan fingerprint density at radius 1 is 0.323 bits per heavy atom. The molecular weight excluding hydrogens is 769 g/mol. The van der Waals surface area contributed by atoms with Gasteiger partial charge in [-0.25, -0.2) is 0 Å². The van der Waals surface area contributed by atoms with Crippen LogP contribution in [0.15, 0.2) is 0 Å². The van der Waals surface area contributed by atoms with Gasteiger partial charge in [0.1, 0.15) is 13.2 Å². The Morgan fingerprint density at radius 3 is 0.839 bits per heavy atom. The molecule has 0 aromatic carbocycles. The normalized spacial score (nSPS) is 12.6. The maximum absolute atomic E-state index is 12.8. The lowest BCUT2D eigenvalue weighted by Gasteiger charge is -2.18. The Hall–Kier alpha value is -1.59. The second kappa shape index (κ2) is 47.4. The van der Waals surface area contributed by atoms with E-state index in [2.05, 4.69) is 41.5 Å². The molecule has 1 unspecified atom stereocenters. The Morgan fingerprint density at radius 2 is 0.565 bits per heavy atom. The van der Waals surface area contributed by atoms with Crippen LogP contribution in [-0.4, -0.2) is 37.2 Å². The molecule has 0 aliphatic heterocycles. The Balaban J connectivity index is 4.23. The van der Waals surface area contributed by atoms with Gasteiger partial charge in [-0.1, -0.05) is 266 Å². The van der Waals surface area contributed by atoms with Crippen LogP contribution in [0, 0.1) is 17.8 Å². The maximum atomic E-state index is 12.8. The molecule has 0 aromatic rings. The zero-order valence-electron chi connectivity index (χ0n) is 42.7. The minimum atomic E-state index is -0.763. The van der Waals surface area contributed by atoms with Crippen molar-refractivity contribution in [2.45, 2.75) is 311 Å². The second-order valence-electron chi connectivity index (χ2n) is 20.4. The molecule has 6 nitrogen and oxygen atoms in total. The number of hydrogen-bond donors (Lipinski definition) is 0. The van der Waals surface area contributed by atoms with Crippen LogP contribution >= 0.6 is 0 Å². The van der Waals surface area contributed by atoms with Crippen molar-refractivity contribution in [3.8, 4) is 0 Å². The van der Waals surface area contributed by atoms with Crippen LogP contribution in [0.5, 0.6) is 0 Å². The number of unbranched alkanes of at least 4 members (excludes halogenated alkanes) is 31. The molecule has 2 atom stereocenters. The third kappa shape index (κ3) is 47.9. The number of hydrogen-bond acceptors (Lipinski definition) is 6. The molecule has 6 heteroatoms. The van der Waals surface area contributed by atoms with Crippen LogP contribution in [0.2, 0.25) is 0 Å². The van der Waals surface area contributed by atoms with Gasteiger partial charge in [-0.15, -0.1) is 0 Å². The molecule has 0 heterocycles. The van der Waals surface area contributed by atoms with E-state index in [4.69, 9.17) is 14.2 Å². The number of rotatable bonds is 49. The summed E-state index contributed by atoms with van der Waals surface area (Å²) in [7, 11) is 0. The van der Waals surface area contributed by atoms with Crippen LogP contribution in [0.3, 0.4) is 0 Å². The standard InChI is InChI=1S/C56H108O6/c1-7-52(6)44-38-32-28-29-34-40-46-55(58)61-49-53(48-60-54(57)45-39-33-26-22-19-18-21-25-31-37-43-51(4)5)62-56(59)47-41-35-27-23-17-15-13-11-9-8-10-12-14-16-20-24-30-36-42-50(2)3/h50-53H,7-49H2,1-6H3/t52?,53-/m1/s1. The smallest absolute Gasteiger partial charge is 0.306 e. The lowest BCUT2D eigenvalue weighted by molar-refractivity contribution is -0.167. The van der Waals surface area contributed by atoms with Crippen molar-refractivity contribution in [3.63, 3.8) is 0 Å². The summed E-state index contributed by atoms with van der Waals surface area (Å²) in [6.07, 6.45) is 48.2. The van der Waals surface area contributed by atoms with E-state index in [1.54, 1.807) is 0 Å². The molecule has 0 spiro atoms. The first-order valence-corrected chi connectivity index (χ1v) is 27.6. The summed E-state index contributed by atoms with van der Waals surface area (Å²) in [5.74, 6) is 1.64. The minimum absolute atomic E-state index is 0.0650. The van der Waals surface area contributed by atoms with Gasteiger partial charge in [-0.3, -0.25) is 14.4 Å². The molecule has 0 rings (SSSR count). The van der Waals surface area contributed by atoms with Gasteiger partial charge in [-0.2, -0.15) is 0 Å². The van der Waals surface area contributed by atoms with Gasteiger partial charge in [-0.05, 0) is 37.0 Å². The first-order chi connectivity index (χ1) is 30.1. The third-order valence-corrected chi connectivity index (χ3v) is 13.0. The van der Waals surface area contributed by atoms with Crippen LogP contribution in [-0.2, 0) is 28.6 Å². The molecule has 0 aliphatic carbocycles. The SMILES string of the molecule is CCC(C)CCCCCCCCC(=O)OC[C@@H](COC(=O)CCCCCCCCCCCCC(C)C)OC(=O)CCCCCCCCCCCCCCCCCCCCC(C)C. The number of ether oxygens (including phenoxy) is 3. The number of carbonyl (C=O) groups is 3. The van der Waals surface area contributed by atoms with Crippen molar-refractivity contribution in [3.05, 3.63) is 0 Å². The van der Waals surface area contributed by atoms with Gasteiger partial charge in [0.25, 0.3) is 0 Å². The average Bonchev–Trinajstić information content (AvgIpc) is 3.24. The van der Waals surface area contributed by atoms with E-state index in [1.165, 1.54) is 186 Å². The summed E-state index contributed by atoms with van der Waals surface area (Å²) in [5.41, 5.74) is 0. The van der Waals surface area contributed by atoms with Crippen molar-refractivity contribution >= 4 is 17.9 Å². The molecule has 0 bridgehead atoms. The quantitative estimate of drug-likeness (QED) is 0.0344.